The van der Waals surface area contributed by atoms with Gasteiger partial charge in [-0.15, -0.1) is 10.2 Å². The smallest absolute Gasteiger partial charge is 0.255 e. The Morgan fingerprint density at radius 1 is 0.957 bits per heavy atom. The van der Waals surface area contributed by atoms with E-state index < -0.39 is 67.5 Å². The number of aromatic nitrogens is 6. The molecule has 2 fully saturated rings. The molecule has 4 aromatic rings. The molecule has 1 aliphatic heterocycles. The Hall–Kier alpha value is -4.21. The standard InChI is InChI=1S/C31H33F4N7O4/c32-20-6-1-4-18(10-20)24-14-41(38-36-24)23-9-3-8-22(12-23)40(16-29(34)35)31(45)27-13-26(30(44)28(17-43)46-27)42-15-25(37-39-42)19-5-2-7-21(33)11-19/h1-2,4-7,10-11,14-15,22-23,26-30,43-44H,3,8-9,12-13,16-17H2/t22-,23+,26-,27-,28-,30-/m1/s1. The van der Waals surface area contributed by atoms with E-state index in [4.69, 9.17) is 4.74 Å². The van der Waals surface area contributed by atoms with E-state index in [2.05, 4.69) is 20.6 Å². The highest BCUT2D eigenvalue weighted by Gasteiger charge is 2.45. The topological polar surface area (TPSA) is 131 Å². The Labute approximate surface area is 261 Å². The van der Waals surface area contributed by atoms with E-state index in [0.717, 1.165) is 4.90 Å². The van der Waals surface area contributed by atoms with Crippen molar-refractivity contribution in [3.8, 4) is 22.5 Å². The van der Waals surface area contributed by atoms with Crippen LogP contribution in [-0.4, -0.2) is 94.9 Å². The predicted molar refractivity (Wildman–Crippen MR) is 155 cm³/mol. The fraction of sp³-hybridized carbons (Fsp3) is 0.452. The molecular formula is C31H33F4N7O4. The molecule has 11 nitrogen and oxygen atoms in total. The van der Waals surface area contributed by atoms with Gasteiger partial charge in [-0.2, -0.15) is 0 Å². The van der Waals surface area contributed by atoms with Gasteiger partial charge in [-0.25, -0.2) is 26.9 Å². The molecule has 0 spiro atoms. The van der Waals surface area contributed by atoms with Gasteiger partial charge in [-0.05, 0) is 49.9 Å². The van der Waals surface area contributed by atoms with Crippen molar-refractivity contribution in [3.05, 3.63) is 72.6 Å². The maximum atomic E-state index is 14.0. The fourth-order valence-corrected chi connectivity index (χ4v) is 6.40. The number of aliphatic hydroxyl groups excluding tert-OH is 2. The average molecular weight is 644 g/mol. The molecular weight excluding hydrogens is 610 g/mol. The minimum absolute atomic E-state index is 0.127. The average Bonchev–Trinajstić information content (AvgIpc) is 3.75. The molecule has 1 aliphatic carbocycles. The number of benzene rings is 2. The summed E-state index contributed by atoms with van der Waals surface area (Å²) in [7, 11) is 0. The van der Waals surface area contributed by atoms with Gasteiger partial charge in [0, 0.05) is 23.6 Å². The van der Waals surface area contributed by atoms with E-state index in [9.17, 15) is 32.6 Å². The summed E-state index contributed by atoms with van der Waals surface area (Å²) in [6.45, 7) is -1.46. The van der Waals surface area contributed by atoms with Crippen LogP contribution in [-0.2, 0) is 9.53 Å². The second kappa shape index (κ2) is 13.6. The van der Waals surface area contributed by atoms with Crippen LogP contribution in [0.1, 0.15) is 44.2 Å². The van der Waals surface area contributed by atoms with Crippen LogP contribution in [0.4, 0.5) is 17.6 Å². The third-order valence-electron chi connectivity index (χ3n) is 8.68. The summed E-state index contributed by atoms with van der Waals surface area (Å²) < 4.78 is 64.1. The second-order valence-electron chi connectivity index (χ2n) is 11.7. The number of hydrogen-bond acceptors (Lipinski definition) is 8. The highest BCUT2D eigenvalue weighted by atomic mass is 19.3. The Morgan fingerprint density at radius 2 is 1.59 bits per heavy atom. The molecule has 2 aliphatic rings. The van der Waals surface area contributed by atoms with Gasteiger partial charge in [0.05, 0.1) is 37.6 Å². The number of carbonyl (C=O) groups is 1. The van der Waals surface area contributed by atoms with E-state index in [1.54, 1.807) is 29.1 Å². The number of amides is 1. The van der Waals surface area contributed by atoms with Crippen molar-refractivity contribution < 1.29 is 37.3 Å². The Bertz CT molecular complexity index is 1650. The van der Waals surface area contributed by atoms with Crippen LogP contribution in [0.5, 0.6) is 0 Å². The number of ether oxygens (including phenoxy) is 1. The van der Waals surface area contributed by atoms with Crippen LogP contribution in [0, 0.1) is 11.6 Å². The van der Waals surface area contributed by atoms with Crippen LogP contribution in [0.15, 0.2) is 60.9 Å². The van der Waals surface area contributed by atoms with E-state index >= 15 is 0 Å². The van der Waals surface area contributed by atoms with E-state index in [-0.39, 0.29) is 12.5 Å². The van der Waals surface area contributed by atoms with Crippen molar-refractivity contribution in [2.75, 3.05) is 13.2 Å². The van der Waals surface area contributed by atoms with E-state index in [0.29, 0.717) is 48.2 Å². The summed E-state index contributed by atoms with van der Waals surface area (Å²) in [5.41, 5.74) is 1.78. The first-order valence-corrected chi connectivity index (χ1v) is 15.1. The fourth-order valence-electron chi connectivity index (χ4n) is 6.40. The van der Waals surface area contributed by atoms with Crippen LogP contribution in [0.3, 0.4) is 0 Å². The Balaban J connectivity index is 1.21. The monoisotopic (exact) mass is 643 g/mol. The molecule has 15 heteroatoms. The summed E-state index contributed by atoms with van der Waals surface area (Å²) in [6, 6.07) is 9.96. The van der Waals surface area contributed by atoms with Crippen molar-refractivity contribution in [2.24, 2.45) is 0 Å². The molecule has 244 valence electrons. The first-order valence-electron chi connectivity index (χ1n) is 15.1. The third-order valence-corrected chi connectivity index (χ3v) is 8.68. The number of nitrogens with zero attached hydrogens (tertiary/aromatic N) is 7. The summed E-state index contributed by atoms with van der Waals surface area (Å²) in [5, 5.41) is 37.5. The maximum Gasteiger partial charge on any atom is 0.255 e. The second-order valence-corrected chi connectivity index (χ2v) is 11.7. The molecule has 1 amide bonds. The summed E-state index contributed by atoms with van der Waals surface area (Å²) in [4.78, 5) is 15.1. The zero-order valence-electron chi connectivity index (χ0n) is 24.6. The molecule has 2 aromatic heterocycles. The van der Waals surface area contributed by atoms with Crippen LogP contribution in [0.2, 0.25) is 0 Å². The van der Waals surface area contributed by atoms with Crippen LogP contribution < -0.4 is 0 Å². The van der Waals surface area contributed by atoms with Crippen molar-refractivity contribution in [1.29, 1.82) is 0 Å². The minimum atomic E-state index is -2.82. The van der Waals surface area contributed by atoms with Gasteiger partial charge in [0.25, 0.3) is 12.3 Å². The predicted octanol–water partition coefficient (Wildman–Crippen LogP) is 3.81. The molecule has 46 heavy (non-hydrogen) atoms. The van der Waals surface area contributed by atoms with Crippen LogP contribution in [0.25, 0.3) is 22.5 Å². The van der Waals surface area contributed by atoms with Gasteiger partial charge in [-0.3, -0.25) is 4.79 Å². The van der Waals surface area contributed by atoms with Crippen LogP contribution >= 0.6 is 0 Å². The lowest BCUT2D eigenvalue weighted by Crippen LogP contribution is -2.56. The number of rotatable bonds is 9. The molecule has 6 atom stereocenters. The van der Waals surface area contributed by atoms with Gasteiger partial charge in [0.1, 0.15) is 41.3 Å². The lowest BCUT2D eigenvalue weighted by atomic mass is 9.88. The molecule has 0 unspecified atom stereocenters. The molecule has 0 bridgehead atoms. The number of halogens is 4. The van der Waals surface area contributed by atoms with Gasteiger partial charge in [-0.1, -0.05) is 34.7 Å². The third kappa shape index (κ3) is 6.81. The summed E-state index contributed by atoms with van der Waals surface area (Å²) >= 11 is 0. The minimum Gasteiger partial charge on any atom is -0.394 e. The molecule has 2 N–H and O–H groups in total. The Kier molecular flexibility index (Phi) is 9.42. The van der Waals surface area contributed by atoms with Crippen molar-refractivity contribution in [1.82, 2.24) is 34.9 Å². The molecule has 1 saturated carbocycles. The first kappa shape index (κ1) is 31.8. The number of hydrogen-bond donors (Lipinski definition) is 2. The number of aliphatic hydroxyl groups is 2. The summed E-state index contributed by atoms with van der Waals surface area (Å²) in [6.07, 6.45) is -1.42. The van der Waals surface area contributed by atoms with Gasteiger partial charge in [0.15, 0.2) is 0 Å². The largest absolute Gasteiger partial charge is 0.394 e. The normalized spacial score (nSPS) is 25.1. The molecule has 3 heterocycles. The zero-order chi connectivity index (χ0) is 32.4. The van der Waals surface area contributed by atoms with E-state index in [1.807, 2.05) is 0 Å². The molecule has 0 radical (unpaired) electrons. The number of carbonyl (C=O) groups excluding carboxylic acids is 1. The Morgan fingerprint density at radius 3 is 2.20 bits per heavy atom. The van der Waals surface area contributed by atoms with E-state index in [1.165, 1.54) is 41.2 Å². The lowest BCUT2D eigenvalue weighted by Gasteiger charge is -2.42. The maximum absolute atomic E-state index is 14.0. The highest BCUT2D eigenvalue weighted by Crippen LogP contribution is 2.35. The quantitative estimate of drug-likeness (QED) is 0.264. The first-order chi connectivity index (χ1) is 22.2. The molecule has 1 saturated heterocycles. The van der Waals surface area contributed by atoms with Crippen molar-refractivity contribution in [2.45, 2.75) is 75.0 Å². The van der Waals surface area contributed by atoms with Gasteiger partial charge in [0.2, 0.25) is 0 Å². The molecule has 6 rings (SSSR count). The van der Waals surface area contributed by atoms with Gasteiger partial charge >= 0.3 is 0 Å². The van der Waals surface area contributed by atoms with Crippen molar-refractivity contribution in [3.63, 3.8) is 0 Å². The molecule has 2 aromatic carbocycles. The van der Waals surface area contributed by atoms with Crippen molar-refractivity contribution >= 4 is 5.91 Å². The summed E-state index contributed by atoms with van der Waals surface area (Å²) in [5.74, 6) is -1.57. The van der Waals surface area contributed by atoms with Gasteiger partial charge < -0.3 is 19.8 Å². The highest BCUT2D eigenvalue weighted by molar-refractivity contribution is 5.81. The SMILES string of the molecule is O=C([C@H]1C[C@@H](n2cc(-c3cccc(F)c3)nn2)[C@@H](O)[C@@H](CO)O1)N(CC(F)F)[C@@H]1CCC[C@H](n2cc(-c3cccc(F)c3)nn2)C1. The lowest BCUT2D eigenvalue weighted by molar-refractivity contribution is -0.182. The zero-order valence-corrected chi connectivity index (χ0v) is 24.6. The number of alkyl halides is 2.